The lowest BCUT2D eigenvalue weighted by Crippen LogP contribution is -2.46. The Hall–Kier alpha value is -2.52. The highest BCUT2D eigenvalue weighted by Crippen LogP contribution is 2.40. The van der Waals surface area contributed by atoms with Gasteiger partial charge < -0.3 is 4.74 Å². The molecule has 0 radical (unpaired) electrons. The highest BCUT2D eigenvalue weighted by molar-refractivity contribution is 14.1. The number of piperidine rings is 1. The van der Waals surface area contributed by atoms with Gasteiger partial charge in [-0.05, 0) is 127 Å². The van der Waals surface area contributed by atoms with Crippen LogP contribution in [0.5, 0.6) is 0 Å². The molecule has 0 spiro atoms. The average molecular weight is 629 g/mol. The van der Waals surface area contributed by atoms with E-state index in [1.807, 2.05) is 6.07 Å². The molecule has 8 heteroatoms. The monoisotopic (exact) mass is 628 g/mol. The lowest BCUT2D eigenvalue weighted by atomic mass is 9.96. The largest absolute Gasteiger partial charge is 0.365 e. The van der Waals surface area contributed by atoms with E-state index >= 15 is 0 Å². The summed E-state index contributed by atoms with van der Waals surface area (Å²) in [6.07, 6.45) is 7.38. The third-order valence-electron chi connectivity index (χ3n) is 7.81. The number of hydrogen-bond donors (Lipinski definition) is 0. The van der Waals surface area contributed by atoms with Gasteiger partial charge in [-0.25, -0.2) is 8.78 Å². The zero-order valence-corrected chi connectivity index (χ0v) is 23.3. The number of hydrogen-bond acceptors (Lipinski definition) is 3. The van der Waals surface area contributed by atoms with E-state index in [9.17, 15) is 8.78 Å². The van der Waals surface area contributed by atoms with Crippen LogP contribution in [-0.4, -0.2) is 29.6 Å². The van der Waals surface area contributed by atoms with Crippen LogP contribution in [-0.2, 0) is 11.2 Å². The van der Waals surface area contributed by atoms with E-state index in [-0.39, 0.29) is 23.8 Å². The van der Waals surface area contributed by atoms with Crippen LogP contribution in [0.2, 0.25) is 0 Å². The molecule has 2 aliphatic rings. The predicted molar refractivity (Wildman–Crippen MR) is 153 cm³/mol. The summed E-state index contributed by atoms with van der Waals surface area (Å²) < 4.78 is 34.9. The molecule has 2 bridgehead atoms. The highest BCUT2D eigenvalue weighted by atomic mass is 127. The van der Waals surface area contributed by atoms with Gasteiger partial charge in [-0.3, -0.25) is 4.90 Å². The number of unbranched alkanes of at least 4 members (excludes halogenated alkanes) is 1. The highest BCUT2D eigenvalue weighted by Gasteiger charge is 2.41. The van der Waals surface area contributed by atoms with Crippen molar-refractivity contribution in [3.05, 3.63) is 109 Å². The van der Waals surface area contributed by atoms with E-state index in [1.165, 1.54) is 42.7 Å². The zero-order valence-electron chi connectivity index (χ0n) is 21.1. The Balaban J connectivity index is 1.17. The maximum absolute atomic E-state index is 13.6. The molecule has 3 aromatic carbocycles. The molecule has 0 saturated carbocycles. The molecule has 2 heterocycles. The predicted octanol–water partition coefficient (Wildman–Crippen LogP) is 8.64. The van der Waals surface area contributed by atoms with Gasteiger partial charge in [0.05, 0.1) is 11.8 Å². The molecule has 0 N–H and O–H groups in total. The van der Waals surface area contributed by atoms with Gasteiger partial charge in [-0.2, -0.15) is 0 Å². The van der Waals surface area contributed by atoms with E-state index < -0.39 is 0 Å². The number of rotatable bonds is 10. The van der Waals surface area contributed by atoms with Gasteiger partial charge in [0.25, 0.3) is 0 Å². The Morgan fingerprint density at radius 3 is 2.08 bits per heavy atom. The van der Waals surface area contributed by atoms with Gasteiger partial charge in [0.15, 0.2) is 0 Å². The fourth-order valence-electron chi connectivity index (χ4n) is 5.98. The minimum absolute atomic E-state index is 0.112. The smallest absolute Gasteiger partial charge is 0.123 e. The molecule has 5 rings (SSSR count). The van der Waals surface area contributed by atoms with Gasteiger partial charge >= 0.3 is 0 Å². The summed E-state index contributed by atoms with van der Waals surface area (Å²) in [6.45, 7) is 1.09. The summed E-state index contributed by atoms with van der Waals surface area (Å²) in [4.78, 5) is 5.56. The minimum atomic E-state index is -0.347. The number of nitrogens with zero attached hydrogens (tertiary/aromatic N) is 4. The van der Waals surface area contributed by atoms with Crippen LogP contribution in [0.4, 0.5) is 14.5 Å². The van der Waals surface area contributed by atoms with Crippen LogP contribution in [0.3, 0.4) is 0 Å². The molecule has 2 aliphatic heterocycles. The van der Waals surface area contributed by atoms with Crippen molar-refractivity contribution in [3.63, 3.8) is 0 Å². The third kappa shape index (κ3) is 6.54. The van der Waals surface area contributed by atoms with Crippen molar-refractivity contribution in [1.29, 1.82) is 0 Å². The first-order valence-corrected chi connectivity index (χ1v) is 14.3. The van der Waals surface area contributed by atoms with Crippen molar-refractivity contribution in [2.24, 2.45) is 5.11 Å². The number of ether oxygens (including phenoxy) is 1. The van der Waals surface area contributed by atoms with Crippen molar-refractivity contribution in [2.45, 2.75) is 69.2 Å². The Bertz CT molecular complexity index is 1220. The molecule has 38 heavy (non-hydrogen) atoms. The van der Waals surface area contributed by atoms with Crippen molar-refractivity contribution in [3.8, 4) is 0 Å². The van der Waals surface area contributed by atoms with Gasteiger partial charge in [0.2, 0.25) is 0 Å². The molecule has 0 amide bonds. The zero-order chi connectivity index (χ0) is 26.5. The Labute approximate surface area is 236 Å². The van der Waals surface area contributed by atoms with Crippen molar-refractivity contribution >= 4 is 28.3 Å². The van der Waals surface area contributed by atoms with E-state index in [1.54, 1.807) is 24.3 Å². The molecule has 2 saturated heterocycles. The number of fused-ring (bicyclic) bond motifs is 2. The molecule has 198 valence electrons. The van der Waals surface area contributed by atoms with E-state index in [4.69, 9.17) is 10.3 Å². The number of azide groups is 1. The average Bonchev–Trinajstić information content (AvgIpc) is 3.15. The lowest BCUT2D eigenvalue weighted by molar-refractivity contribution is -0.0484. The van der Waals surface area contributed by atoms with E-state index in [2.05, 4.69) is 49.6 Å². The lowest BCUT2D eigenvalue weighted by Gasteiger charge is -2.40. The molecular formula is C30H31F2IN4O. The minimum Gasteiger partial charge on any atom is -0.365 e. The molecule has 3 aromatic rings. The maximum Gasteiger partial charge on any atom is 0.123 e. The standard InChI is InChI=1S/C30H31F2IN4O/c31-23-9-5-21(6-10-23)30(22-7-11-24(32)12-8-22)38-27-18-25-13-14-26(19-27)37(25)16-2-1-3-20-4-15-29(35-36-34)28(33)17-20/h4-12,15,17,25-27,30H,1-3,13-14,16,18-19H2. The summed E-state index contributed by atoms with van der Waals surface area (Å²) in [5, 5.41) is 3.72. The molecule has 0 aromatic heterocycles. The number of benzene rings is 3. The van der Waals surface area contributed by atoms with E-state index in [0.717, 1.165) is 53.3 Å². The molecule has 2 atom stereocenters. The number of aryl methyl sites for hydroxylation is 1. The SMILES string of the molecule is [N-]=[N+]=Nc1ccc(CCCCN2C3CCC2CC(OC(c2ccc(F)cc2)c2ccc(F)cc2)C3)cc1I. The van der Waals surface area contributed by atoms with Crippen LogP contribution < -0.4 is 0 Å². The molecule has 2 fully saturated rings. The molecule has 5 nitrogen and oxygen atoms in total. The van der Waals surface area contributed by atoms with Crippen LogP contribution in [0.1, 0.15) is 61.3 Å². The first kappa shape index (κ1) is 27.1. The normalized spacial score (nSPS) is 21.0. The molecule has 2 unspecified atom stereocenters. The van der Waals surface area contributed by atoms with Crippen LogP contribution in [0.15, 0.2) is 71.8 Å². The fraction of sp³-hybridized carbons (Fsp3) is 0.400. The van der Waals surface area contributed by atoms with E-state index in [0.29, 0.717) is 17.8 Å². The van der Waals surface area contributed by atoms with Crippen LogP contribution in [0.25, 0.3) is 10.4 Å². The van der Waals surface area contributed by atoms with Gasteiger partial charge in [0, 0.05) is 20.6 Å². The third-order valence-corrected chi connectivity index (χ3v) is 8.68. The number of halogens is 3. The van der Waals surface area contributed by atoms with Crippen LogP contribution in [0, 0.1) is 15.2 Å². The van der Waals surface area contributed by atoms with Crippen molar-refractivity contribution in [1.82, 2.24) is 4.90 Å². The summed E-state index contributed by atoms with van der Waals surface area (Å²) in [5.41, 5.74) is 12.4. The first-order valence-electron chi connectivity index (χ1n) is 13.3. The fourth-order valence-corrected chi connectivity index (χ4v) is 6.66. The topological polar surface area (TPSA) is 61.2 Å². The van der Waals surface area contributed by atoms with Crippen LogP contribution >= 0.6 is 22.6 Å². The van der Waals surface area contributed by atoms with Gasteiger partial charge in [0.1, 0.15) is 17.7 Å². The molecular weight excluding hydrogens is 597 g/mol. The summed E-state index contributed by atoms with van der Waals surface area (Å²) >= 11 is 2.22. The summed E-state index contributed by atoms with van der Waals surface area (Å²) in [6, 6.07) is 20.0. The second kappa shape index (κ2) is 12.6. The van der Waals surface area contributed by atoms with Gasteiger partial charge in [-0.1, -0.05) is 41.5 Å². The summed E-state index contributed by atoms with van der Waals surface area (Å²) in [7, 11) is 0. The Morgan fingerprint density at radius 2 is 1.53 bits per heavy atom. The van der Waals surface area contributed by atoms with Crippen molar-refractivity contribution in [2.75, 3.05) is 6.54 Å². The second-order valence-electron chi connectivity index (χ2n) is 10.3. The van der Waals surface area contributed by atoms with Gasteiger partial charge in [-0.15, -0.1) is 0 Å². The Kier molecular flexibility index (Phi) is 8.94. The Morgan fingerprint density at radius 1 is 0.921 bits per heavy atom. The van der Waals surface area contributed by atoms with Crippen molar-refractivity contribution < 1.29 is 13.5 Å². The maximum atomic E-state index is 13.6. The first-order chi connectivity index (χ1) is 18.5. The molecule has 0 aliphatic carbocycles. The second-order valence-corrected chi connectivity index (χ2v) is 11.4. The summed E-state index contributed by atoms with van der Waals surface area (Å²) in [5.74, 6) is -0.560. The quantitative estimate of drug-likeness (QED) is 0.0742.